The first-order valence-corrected chi connectivity index (χ1v) is 6.87. The summed E-state index contributed by atoms with van der Waals surface area (Å²) in [5, 5.41) is 12.0. The predicted octanol–water partition coefficient (Wildman–Crippen LogP) is 2.29. The molecule has 1 N–H and O–H groups in total. The van der Waals surface area contributed by atoms with Gasteiger partial charge in [-0.25, -0.2) is 0 Å². The zero-order valence-corrected chi connectivity index (χ0v) is 12.8. The van der Waals surface area contributed by atoms with Crippen LogP contribution in [-0.2, 0) is 16.0 Å². The maximum atomic E-state index is 12.3. The molecule has 0 saturated carbocycles. The molecule has 0 spiro atoms. The standard InChI is InChI=1S/C17H18N2O3/c1-12-8-14(21-3)9-13(2)15(12)10-16(20)19-17(11-18)4-6-22-7-5-17/h4-9H,10H2,1-3H3,(H,19,20). The first-order valence-electron chi connectivity index (χ1n) is 6.87. The van der Waals surface area contributed by atoms with E-state index in [1.807, 2.05) is 26.0 Å². The fourth-order valence-corrected chi connectivity index (χ4v) is 2.37. The molecular weight excluding hydrogens is 280 g/mol. The number of hydrogen-bond donors (Lipinski definition) is 1. The lowest BCUT2D eigenvalue weighted by Crippen LogP contribution is -2.45. The molecule has 1 aromatic carbocycles. The number of nitrogens with zero attached hydrogens (tertiary/aromatic N) is 1. The van der Waals surface area contributed by atoms with Crippen molar-refractivity contribution in [2.75, 3.05) is 7.11 Å². The Morgan fingerprint density at radius 2 is 1.91 bits per heavy atom. The zero-order chi connectivity index (χ0) is 16.2. The fraction of sp³-hybridized carbons (Fsp3) is 0.294. The molecule has 5 heteroatoms. The third-order valence-corrected chi connectivity index (χ3v) is 3.59. The number of benzene rings is 1. The highest BCUT2D eigenvalue weighted by Gasteiger charge is 2.28. The van der Waals surface area contributed by atoms with Crippen LogP contribution in [-0.4, -0.2) is 18.6 Å². The molecular formula is C17H18N2O3. The van der Waals surface area contributed by atoms with Crippen molar-refractivity contribution in [3.8, 4) is 11.8 Å². The molecule has 0 saturated heterocycles. The van der Waals surface area contributed by atoms with Crippen LogP contribution in [0.4, 0.5) is 0 Å². The minimum Gasteiger partial charge on any atom is -0.497 e. The van der Waals surface area contributed by atoms with Gasteiger partial charge in [-0.2, -0.15) is 5.26 Å². The molecule has 114 valence electrons. The van der Waals surface area contributed by atoms with E-state index in [4.69, 9.17) is 9.47 Å². The first-order chi connectivity index (χ1) is 10.5. The van der Waals surface area contributed by atoms with Gasteiger partial charge in [0.15, 0.2) is 5.54 Å². The summed E-state index contributed by atoms with van der Waals surface area (Å²) in [7, 11) is 1.61. The number of methoxy groups -OCH3 is 1. The second-order valence-electron chi connectivity index (χ2n) is 5.19. The Morgan fingerprint density at radius 1 is 1.32 bits per heavy atom. The molecule has 0 bridgehead atoms. The minimum absolute atomic E-state index is 0.202. The third kappa shape index (κ3) is 3.29. The third-order valence-electron chi connectivity index (χ3n) is 3.59. The average molecular weight is 298 g/mol. The van der Waals surface area contributed by atoms with Gasteiger partial charge in [-0.3, -0.25) is 4.79 Å². The highest BCUT2D eigenvalue weighted by Crippen LogP contribution is 2.22. The number of ether oxygens (including phenoxy) is 2. The van der Waals surface area contributed by atoms with Crippen LogP contribution in [0, 0.1) is 25.2 Å². The van der Waals surface area contributed by atoms with Crippen LogP contribution in [0.1, 0.15) is 16.7 Å². The second kappa shape index (κ2) is 6.35. The first kappa shape index (κ1) is 15.6. The van der Waals surface area contributed by atoms with Crippen LogP contribution in [0.5, 0.6) is 5.75 Å². The van der Waals surface area contributed by atoms with Crippen LogP contribution in [0.3, 0.4) is 0 Å². The number of hydrogen-bond acceptors (Lipinski definition) is 4. The Hall–Kier alpha value is -2.74. The maximum Gasteiger partial charge on any atom is 0.226 e. The number of rotatable bonds is 4. The summed E-state index contributed by atoms with van der Waals surface area (Å²) in [4.78, 5) is 12.3. The summed E-state index contributed by atoms with van der Waals surface area (Å²) in [6.07, 6.45) is 5.99. The number of amides is 1. The monoisotopic (exact) mass is 298 g/mol. The van der Waals surface area contributed by atoms with Gasteiger partial charge < -0.3 is 14.8 Å². The van der Waals surface area contributed by atoms with Crippen LogP contribution >= 0.6 is 0 Å². The summed E-state index contributed by atoms with van der Waals surface area (Å²) >= 11 is 0. The minimum atomic E-state index is -1.15. The van der Waals surface area contributed by atoms with Crippen molar-refractivity contribution in [2.45, 2.75) is 25.8 Å². The van der Waals surface area contributed by atoms with Crippen molar-refractivity contribution in [1.82, 2.24) is 5.32 Å². The van der Waals surface area contributed by atoms with Gasteiger partial charge in [-0.1, -0.05) is 0 Å². The smallest absolute Gasteiger partial charge is 0.226 e. The molecule has 0 fully saturated rings. The summed E-state index contributed by atoms with van der Waals surface area (Å²) < 4.78 is 10.1. The van der Waals surface area contributed by atoms with Crippen LogP contribution < -0.4 is 10.1 Å². The van der Waals surface area contributed by atoms with E-state index in [1.54, 1.807) is 7.11 Å². The van der Waals surface area contributed by atoms with Gasteiger partial charge in [0.05, 0.1) is 32.1 Å². The Labute approximate surface area is 129 Å². The molecule has 22 heavy (non-hydrogen) atoms. The van der Waals surface area contributed by atoms with E-state index in [1.165, 1.54) is 24.7 Å². The highest BCUT2D eigenvalue weighted by atomic mass is 16.5. The number of aryl methyl sites for hydroxylation is 2. The number of carbonyl (C=O) groups is 1. The maximum absolute atomic E-state index is 12.3. The van der Waals surface area contributed by atoms with Gasteiger partial charge >= 0.3 is 0 Å². The van der Waals surface area contributed by atoms with Gasteiger partial charge in [0.2, 0.25) is 5.91 Å². The Balaban J connectivity index is 2.16. The molecule has 1 aliphatic rings. The van der Waals surface area contributed by atoms with Crippen LogP contribution in [0.25, 0.3) is 0 Å². The van der Waals surface area contributed by atoms with Crippen molar-refractivity contribution in [2.24, 2.45) is 0 Å². The normalized spacial score (nSPS) is 14.8. The summed E-state index contributed by atoms with van der Waals surface area (Å²) in [6.45, 7) is 3.87. The molecule has 0 aliphatic carbocycles. The quantitative estimate of drug-likeness (QED) is 0.925. The highest BCUT2D eigenvalue weighted by molar-refractivity contribution is 5.81. The number of carbonyl (C=O) groups excluding carboxylic acids is 1. The van der Waals surface area contributed by atoms with Crippen molar-refractivity contribution in [3.63, 3.8) is 0 Å². The molecule has 1 aliphatic heterocycles. The lowest BCUT2D eigenvalue weighted by atomic mass is 9.97. The molecule has 1 amide bonds. The molecule has 0 atom stereocenters. The Kier molecular flexibility index (Phi) is 4.52. The molecule has 1 heterocycles. The summed E-state index contributed by atoms with van der Waals surface area (Å²) in [5.74, 6) is 0.539. The van der Waals surface area contributed by atoms with E-state index in [-0.39, 0.29) is 12.3 Å². The summed E-state index contributed by atoms with van der Waals surface area (Å²) in [5.41, 5.74) is 1.75. The zero-order valence-electron chi connectivity index (χ0n) is 12.8. The van der Waals surface area contributed by atoms with Crippen molar-refractivity contribution in [1.29, 1.82) is 5.26 Å². The topological polar surface area (TPSA) is 71.3 Å². The fourth-order valence-electron chi connectivity index (χ4n) is 2.37. The van der Waals surface area contributed by atoms with Crippen molar-refractivity contribution >= 4 is 5.91 Å². The van der Waals surface area contributed by atoms with E-state index in [9.17, 15) is 10.1 Å². The molecule has 2 rings (SSSR count). The van der Waals surface area contributed by atoms with Crippen LogP contribution in [0.15, 0.2) is 36.8 Å². The summed E-state index contributed by atoms with van der Waals surface area (Å²) in [6, 6.07) is 5.86. The van der Waals surface area contributed by atoms with Gasteiger partial charge in [0.1, 0.15) is 5.75 Å². The van der Waals surface area contributed by atoms with Gasteiger partial charge in [-0.05, 0) is 54.8 Å². The molecule has 0 radical (unpaired) electrons. The van der Waals surface area contributed by atoms with Crippen molar-refractivity contribution < 1.29 is 14.3 Å². The number of nitriles is 1. The lowest BCUT2D eigenvalue weighted by molar-refractivity contribution is -0.121. The molecule has 5 nitrogen and oxygen atoms in total. The molecule has 1 aromatic rings. The van der Waals surface area contributed by atoms with E-state index < -0.39 is 5.54 Å². The van der Waals surface area contributed by atoms with E-state index in [2.05, 4.69) is 11.4 Å². The van der Waals surface area contributed by atoms with Gasteiger partial charge in [0.25, 0.3) is 0 Å². The largest absolute Gasteiger partial charge is 0.497 e. The average Bonchev–Trinajstić information content (AvgIpc) is 2.51. The van der Waals surface area contributed by atoms with Gasteiger partial charge in [-0.15, -0.1) is 0 Å². The number of nitrogens with one attached hydrogen (secondary N) is 1. The Morgan fingerprint density at radius 3 is 2.41 bits per heavy atom. The van der Waals surface area contributed by atoms with Gasteiger partial charge in [0, 0.05) is 0 Å². The lowest BCUT2D eigenvalue weighted by Gasteiger charge is -2.23. The SMILES string of the molecule is COc1cc(C)c(CC(=O)NC2(C#N)C=COC=C2)c(C)c1. The predicted molar refractivity (Wildman–Crippen MR) is 82.0 cm³/mol. The van der Waals surface area contributed by atoms with E-state index in [0.29, 0.717) is 0 Å². The van der Waals surface area contributed by atoms with E-state index >= 15 is 0 Å². The van der Waals surface area contributed by atoms with Crippen LogP contribution in [0.2, 0.25) is 0 Å². The molecule has 0 unspecified atom stereocenters. The second-order valence-corrected chi connectivity index (χ2v) is 5.19. The van der Waals surface area contributed by atoms with E-state index in [0.717, 1.165) is 22.4 Å². The van der Waals surface area contributed by atoms with Crippen molar-refractivity contribution in [3.05, 3.63) is 53.5 Å². The Bertz CT molecular complexity index is 649. The molecule has 0 aromatic heterocycles.